The van der Waals surface area contributed by atoms with Crippen molar-refractivity contribution >= 4 is 5.97 Å². The number of carboxylic acids is 1. The van der Waals surface area contributed by atoms with Gasteiger partial charge >= 0.3 is 5.97 Å². The Morgan fingerprint density at radius 3 is 1.59 bits per heavy atom. The Hall–Kier alpha value is -0.730. The minimum absolute atomic E-state index is 0.105. The monoisotopic (exact) mass is 249 g/mol. The van der Waals surface area contributed by atoms with Crippen molar-refractivity contribution in [3.63, 3.8) is 0 Å². The molecular weight excluding hydrogens is 230 g/mol. The quantitative estimate of drug-likeness (QED) is 0.605. The maximum atomic E-state index is 11.0. The molecule has 1 fully saturated rings. The van der Waals surface area contributed by atoms with E-state index < -0.39 is 11.5 Å². The number of ether oxygens (including phenoxy) is 4. The van der Waals surface area contributed by atoms with Crippen LogP contribution in [0.15, 0.2) is 0 Å². The predicted octanol–water partition coefficient (Wildman–Crippen LogP) is -1.15. The van der Waals surface area contributed by atoms with Crippen LogP contribution in [0.2, 0.25) is 0 Å². The van der Waals surface area contributed by atoms with E-state index in [0.717, 1.165) is 0 Å². The number of carboxylic acid groups (broad SMARTS) is 1. The largest absolute Gasteiger partial charge is 0.480 e. The summed E-state index contributed by atoms with van der Waals surface area (Å²) in [5.74, 6) is -1.14. The normalized spacial score (nSPS) is 24.1. The van der Waals surface area contributed by atoms with E-state index in [4.69, 9.17) is 29.8 Å². The highest BCUT2D eigenvalue weighted by molar-refractivity contribution is 5.78. The van der Waals surface area contributed by atoms with Crippen LogP contribution in [-0.2, 0) is 23.7 Å². The molecule has 17 heavy (non-hydrogen) atoms. The maximum absolute atomic E-state index is 11.0. The van der Waals surface area contributed by atoms with Gasteiger partial charge in [0, 0.05) is 0 Å². The van der Waals surface area contributed by atoms with Crippen molar-refractivity contribution in [2.75, 3.05) is 52.9 Å². The van der Waals surface area contributed by atoms with Gasteiger partial charge in [-0.2, -0.15) is 0 Å². The van der Waals surface area contributed by atoms with Gasteiger partial charge in [-0.25, -0.2) is 0 Å². The second kappa shape index (κ2) is 7.57. The highest BCUT2D eigenvalue weighted by Crippen LogP contribution is 2.04. The van der Waals surface area contributed by atoms with E-state index in [2.05, 4.69) is 0 Å². The molecule has 0 aliphatic carbocycles. The molecule has 1 heterocycles. The Morgan fingerprint density at radius 2 is 1.24 bits per heavy atom. The Balaban J connectivity index is 2.44. The highest BCUT2D eigenvalue weighted by Gasteiger charge is 2.34. The lowest BCUT2D eigenvalue weighted by Gasteiger charge is -2.24. The zero-order valence-electron chi connectivity index (χ0n) is 9.72. The predicted molar refractivity (Wildman–Crippen MR) is 57.8 cm³/mol. The van der Waals surface area contributed by atoms with E-state index in [1.807, 2.05) is 0 Å². The van der Waals surface area contributed by atoms with Crippen molar-refractivity contribution in [3.8, 4) is 0 Å². The van der Waals surface area contributed by atoms with E-state index in [-0.39, 0.29) is 13.2 Å². The molecule has 0 aromatic carbocycles. The van der Waals surface area contributed by atoms with Crippen LogP contribution < -0.4 is 5.73 Å². The second-order valence-electron chi connectivity index (χ2n) is 3.79. The molecular formula is C10H19NO6. The third-order valence-electron chi connectivity index (χ3n) is 2.26. The molecule has 0 aromatic heterocycles. The third-order valence-corrected chi connectivity index (χ3v) is 2.26. The van der Waals surface area contributed by atoms with Crippen molar-refractivity contribution in [1.82, 2.24) is 0 Å². The van der Waals surface area contributed by atoms with Gasteiger partial charge in [-0.3, -0.25) is 4.79 Å². The summed E-state index contributed by atoms with van der Waals surface area (Å²) >= 11 is 0. The molecule has 0 saturated carbocycles. The fourth-order valence-corrected chi connectivity index (χ4v) is 1.23. The zero-order chi connectivity index (χ0) is 12.6. The lowest BCUT2D eigenvalue weighted by molar-refractivity contribution is -0.149. The number of aliphatic carboxylic acids is 1. The summed E-state index contributed by atoms with van der Waals surface area (Å²) < 4.78 is 20.7. The minimum atomic E-state index is -1.52. The van der Waals surface area contributed by atoms with Crippen molar-refractivity contribution in [1.29, 1.82) is 0 Å². The van der Waals surface area contributed by atoms with Crippen LogP contribution in [0.5, 0.6) is 0 Å². The minimum Gasteiger partial charge on any atom is -0.480 e. The van der Waals surface area contributed by atoms with Gasteiger partial charge in [-0.05, 0) is 0 Å². The molecule has 1 rings (SSSR count). The molecule has 0 spiro atoms. The van der Waals surface area contributed by atoms with Gasteiger partial charge in [0.15, 0.2) is 5.54 Å². The van der Waals surface area contributed by atoms with Crippen molar-refractivity contribution in [2.45, 2.75) is 5.54 Å². The summed E-state index contributed by atoms with van der Waals surface area (Å²) in [6.45, 7) is 2.13. The smallest absolute Gasteiger partial charge is 0.328 e. The van der Waals surface area contributed by atoms with Crippen molar-refractivity contribution in [3.05, 3.63) is 0 Å². The average molecular weight is 249 g/mol. The van der Waals surface area contributed by atoms with Crippen LogP contribution in [0.25, 0.3) is 0 Å². The van der Waals surface area contributed by atoms with Gasteiger partial charge in [0.1, 0.15) is 0 Å². The zero-order valence-corrected chi connectivity index (χ0v) is 9.72. The Morgan fingerprint density at radius 1 is 0.882 bits per heavy atom. The molecule has 1 aliphatic heterocycles. The van der Waals surface area contributed by atoms with Gasteiger partial charge in [0.2, 0.25) is 0 Å². The summed E-state index contributed by atoms with van der Waals surface area (Å²) in [4.78, 5) is 11.0. The fraction of sp³-hybridized carbons (Fsp3) is 0.900. The van der Waals surface area contributed by atoms with Crippen LogP contribution in [0.1, 0.15) is 0 Å². The molecule has 100 valence electrons. The summed E-state index contributed by atoms with van der Waals surface area (Å²) in [5.41, 5.74) is 4.17. The number of hydrogen-bond acceptors (Lipinski definition) is 6. The van der Waals surface area contributed by atoms with E-state index in [9.17, 15) is 4.79 Å². The first-order valence-corrected chi connectivity index (χ1v) is 5.48. The van der Waals surface area contributed by atoms with E-state index >= 15 is 0 Å². The Kier molecular flexibility index (Phi) is 6.38. The van der Waals surface area contributed by atoms with Crippen LogP contribution in [-0.4, -0.2) is 69.5 Å². The summed E-state index contributed by atoms with van der Waals surface area (Å²) in [7, 11) is 0. The summed E-state index contributed by atoms with van der Waals surface area (Å²) in [5, 5.41) is 9.01. The van der Waals surface area contributed by atoms with Gasteiger partial charge in [0.25, 0.3) is 0 Å². The summed E-state index contributed by atoms with van der Waals surface area (Å²) in [6, 6.07) is 0. The highest BCUT2D eigenvalue weighted by atomic mass is 16.6. The van der Waals surface area contributed by atoms with Gasteiger partial charge in [-0.1, -0.05) is 0 Å². The molecule has 1 saturated heterocycles. The molecule has 0 amide bonds. The maximum Gasteiger partial charge on any atom is 0.328 e. The van der Waals surface area contributed by atoms with E-state index in [0.29, 0.717) is 39.6 Å². The molecule has 0 atom stereocenters. The van der Waals surface area contributed by atoms with Gasteiger partial charge < -0.3 is 29.8 Å². The van der Waals surface area contributed by atoms with E-state index in [1.165, 1.54) is 0 Å². The topological polar surface area (TPSA) is 100 Å². The Labute approximate surface area is 99.8 Å². The third kappa shape index (κ3) is 5.42. The first kappa shape index (κ1) is 14.3. The molecule has 7 heteroatoms. The first-order chi connectivity index (χ1) is 8.15. The first-order valence-electron chi connectivity index (χ1n) is 5.48. The van der Waals surface area contributed by atoms with Crippen LogP contribution in [0.4, 0.5) is 0 Å². The molecule has 3 N–H and O–H groups in total. The van der Waals surface area contributed by atoms with Crippen molar-refractivity contribution < 1.29 is 28.8 Å². The molecule has 1 aliphatic rings. The van der Waals surface area contributed by atoms with Gasteiger partial charge in [0.05, 0.1) is 52.9 Å². The molecule has 0 radical (unpaired) electrons. The van der Waals surface area contributed by atoms with Crippen LogP contribution in [0.3, 0.4) is 0 Å². The van der Waals surface area contributed by atoms with Gasteiger partial charge in [-0.15, -0.1) is 0 Å². The number of nitrogens with two attached hydrogens (primary N) is 1. The standard InChI is InChI=1S/C10H19NO6/c11-10(9(12)13)7-16-5-3-14-1-2-15-4-6-17-8-10/h1-8,11H2,(H,12,13). The second-order valence-corrected chi connectivity index (χ2v) is 3.79. The summed E-state index contributed by atoms with van der Waals surface area (Å²) in [6.07, 6.45) is 0. The Bertz CT molecular complexity index is 221. The SMILES string of the molecule is NC1(C(=O)O)COCCOCCOCCOC1. The van der Waals surface area contributed by atoms with E-state index in [1.54, 1.807) is 0 Å². The lowest BCUT2D eigenvalue weighted by atomic mass is 10.0. The number of rotatable bonds is 1. The molecule has 0 bridgehead atoms. The van der Waals surface area contributed by atoms with Crippen LogP contribution >= 0.6 is 0 Å². The number of hydrogen-bond donors (Lipinski definition) is 2. The number of carbonyl (C=O) groups is 1. The van der Waals surface area contributed by atoms with Crippen LogP contribution in [0, 0.1) is 0 Å². The average Bonchev–Trinajstić information content (AvgIpc) is 2.31. The van der Waals surface area contributed by atoms with Crippen molar-refractivity contribution in [2.24, 2.45) is 5.73 Å². The molecule has 7 nitrogen and oxygen atoms in total. The molecule has 0 unspecified atom stereocenters. The molecule has 0 aromatic rings. The lowest BCUT2D eigenvalue weighted by Crippen LogP contribution is -2.56. The fourth-order valence-electron chi connectivity index (χ4n) is 1.23.